The van der Waals surface area contributed by atoms with E-state index in [2.05, 4.69) is 36.2 Å². The van der Waals surface area contributed by atoms with Crippen molar-refractivity contribution in [3.63, 3.8) is 0 Å². The molecule has 1 atom stereocenters. The molecule has 1 aromatic carbocycles. The van der Waals surface area contributed by atoms with E-state index in [0.717, 1.165) is 35.4 Å². The Balaban J connectivity index is 1.64. The van der Waals surface area contributed by atoms with Crippen LogP contribution in [0.15, 0.2) is 78.0 Å². The van der Waals surface area contributed by atoms with Crippen LogP contribution < -0.4 is 4.74 Å². The molecule has 0 bridgehead atoms. The van der Waals surface area contributed by atoms with Crippen molar-refractivity contribution in [3.8, 4) is 17.0 Å². The lowest BCUT2D eigenvalue weighted by Crippen LogP contribution is -2.00. The van der Waals surface area contributed by atoms with Crippen molar-refractivity contribution in [2.45, 2.75) is 26.4 Å². The molecule has 0 radical (unpaired) electrons. The molecule has 4 nitrogen and oxygen atoms in total. The molecule has 5 heteroatoms. The first-order valence-electron chi connectivity index (χ1n) is 9.42. The summed E-state index contributed by atoms with van der Waals surface area (Å²) < 4.78 is 16.3. The third-order valence-corrected chi connectivity index (χ3v) is 4.80. The number of nitrogens with zero attached hydrogens (tertiary/aromatic N) is 1. The fraction of sp³-hybridized carbons (Fsp3) is 0.261. The van der Waals surface area contributed by atoms with Crippen LogP contribution in [0.3, 0.4) is 0 Å². The van der Waals surface area contributed by atoms with Gasteiger partial charge in [0.15, 0.2) is 9.03 Å². The van der Waals surface area contributed by atoms with E-state index in [1.165, 1.54) is 11.1 Å². The molecule has 28 heavy (non-hydrogen) atoms. The predicted molar refractivity (Wildman–Crippen MR) is 115 cm³/mol. The predicted octanol–water partition coefficient (Wildman–Crippen LogP) is 6.02. The van der Waals surface area contributed by atoms with Gasteiger partial charge in [-0.05, 0) is 42.2 Å². The van der Waals surface area contributed by atoms with Gasteiger partial charge in [-0.2, -0.15) is 0 Å². The van der Waals surface area contributed by atoms with Gasteiger partial charge >= 0.3 is 0 Å². The second-order valence-electron chi connectivity index (χ2n) is 6.43. The zero-order valence-corrected chi connectivity index (χ0v) is 17.4. The average molecular weight is 395 g/mol. The Morgan fingerprint density at radius 2 is 2.04 bits per heavy atom. The molecule has 3 rings (SSSR count). The maximum atomic E-state index is 6.04. The summed E-state index contributed by atoms with van der Waals surface area (Å²) in [6.45, 7) is 3.23. The van der Waals surface area contributed by atoms with Gasteiger partial charge in [-0.3, -0.25) is 4.98 Å². The molecule has 0 spiro atoms. The summed E-state index contributed by atoms with van der Waals surface area (Å²) in [4.78, 5) is 4.55. The minimum atomic E-state index is 0.0507. The smallest absolute Gasteiger partial charge is 0.155 e. The molecule has 1 heterocycles. The third-order valence-electron chi connectivity index (χ3n) is 4.37. The number of allylic oxidation sites excluding steroid dienone is 4. The molecule has 0 amide bonds. The topological polar surface area (TPSA) is 40.6 Å². The van der Waals surface area contributed by atoms with Crippen molar-refractivity contribution in [3.05, 3.63) is 83.6 Å². The van der Waals surface area contributed by atoms with Crippen LogP contribution in [-0.2, 0) is 15.7 Å². The quantitative estimate of drug-likeness (QED) is 0.384. The van der Waals surface area contributed by atoms with Gasteiger partial charge in [0.05, 0.1) is 12.3 Å². The summed E-state index contributed by atoms with van der Waals surface area (Å²) >= 11 is 0. The fourth-order valence-corrected chi connectivity index (χ4v) is 3.23. The molecule has 0 N–H and O–H groups in total. The molecule has 0 saturated heterocycles. The molecule has 1 aliphatic carbocycles. The van der Waals surface area contributed by atoms with Gasteiger partial charge in [0.25, 0.3) is 0 Å². The van der Waals surface area contributed by atoms with E-state index in [0.29, 0.717) is 13.2 Å². The van der Waals surface area contributed by atoms with E-state index in [1.807, 2.05) is 42.6 Å². The number of hydrogen-bond acceptors (Lipinski definition) is 4. The Morgan fingerprint density at radius 1 is 1.11 bits per heavy atom. The van der Waals surface area contributed by atoms with E-state index >= 15 is 0 Å². The molecule has 1 aromatic heterocycles. The molecular formula is C23H26NO3P. The number of rotatable bonds is 9. The van der Waals surface area contributed by atoms with Gasteiger partial charge in [0.1, 0.15) is 12.4 Å². The molecule has 0 saturated carbocycles. The van der Waals surface area contributed by atoms with Crippen LogP contribution in [-0.4, -0.2) is 18.7 Å². The maximum absolute atomic E-state index is 6.04. The van der Waals surface area contributed by atoms with Gasteiger partial charge < -0.3 is 13.8 Å². The van der Waals surface area contributed by atoms with Crippen molar-refractivity contribution >= 4 is 9.03 Å². The molecule has 0 fully saturated rings. The highest BCUT2D eigenvalue weighted by molar-refractivity contribution is 7.26. The van der Waals surface area contributed by atoms with Gasteiger partial charge in [-0.15, -0.1) is 0 Å². The average Bonchev–Trinajstić information content (AvgIpc) is 2.98. The second-order valence-corrected chi connectivity index (χ2v) is 7.30. The van der Waals surface area contributed by atoms with Crippen molar-refractivity contribution in [2.24, 2.45) is 0 Å². The van der Waals surface area contributed by atoms with Crippen LogP contribution in [0, 0.1) is 0 Å². The van der Waals surface area contributed by atoms with Crippen molar-refractivity contribution in [1.29, 1.82) is 0 Å². The van der Waals surface area contributed by atoms with Crippen molar-refractivity contribution < 1.29 is 13.8 Å². The standard InChI is InChI=1S/C23H26NO3P/c1-3-18-7-4-5-8-19(13-18)16-26-22-10-6-9-21(14-22)23-12-11-20(15-24-23)17-27-28-25-2/h5-15,28H,3-4,16-17H2,1-2H3. The maximum Gasteiger partial charge on any atom is 0.155 e. The SMILES string of the molecule is CCC1=CCC=CC(COc2cccc(-c3ccc(COPOC)cn3)c2)=C1. The zero-order chi connectivity index (χ0) is 19.6. The van der Waals surface area contributed by atoms with Crippen LogP contribution in [0.4, 0.5) is 0 Å². The number of pyridine rings is 1. The van der Waals surface area contributed by atoms with Gasteiger partial charge in [-0.1, -0.05) is 55.0 Å². The minimum absolute atomic E-state index is 0.0507. The number of aromatic nitrogens is 1. The van der Waals surface area contributed by atoms with Crippen molar-refractivity contribution in [2.75, 3.05) is 13.7 Å². The van der Waals surface area contributed by atoms with Crippen LogP contribution in [0.1, 0.15) is 25.3 Å². The normalized spacial score (nSPS) is 14.1. The lowest BCUT2D eigenvalue weighted by Gasteiger charge is -2.09. The molecule has 146 valence electrons. The molecule has 1 unspecified atom stereocenters. The molecule has 0 aliphatic heterocycles. The monoisotopic (exact) mass is 395 g/mol. The summed E-state index contributed by atoms with van der Waals surface area (Å²) in [5, 5.41) is 0. The Kier molecular flexibility index (Phi) is 7.98. The second kappa shape index (κ2) is 10.9. The van der Waals surface area contributed by atoms with E-state index in [1.54, 1.807) is 7.11 Å². The summed E-state index contributed by atoms with van der Waals surface area (Å²) in [5.74, 6) is 0.841. The Morgan fingerprint density at radius 3 is 2.82 bits per heavy atom. The third kappa shape index (κ3) is 6.13. The first kappa shape index (κ1) is 20.5. The minimum Gasteiger partial charge on any atom is -0.489 e. The molecule has 1 aliphatic rings. The molecular weight excluding hydrogens is 369 g/mol. The number of ether oxygens (including phenoxy) is 1. The van der Waals surface area contributed by atoms with Crippen LogP contribution in [0.5, 0.6) is 5.75 Å². The lowest BCUT2D eigenvalue weighted by molar-refractivity contribution is 0.292. The summed E-state index contributed by atoms with van der Waals surface area (Å²) in [5.41, 5.74) is 5.51. The summed E-state index contributed by atoms with van der Waals surface area (Å²) in [6.07, 6.45) is 12.7. The van der Waals surface area contributed by atoms with Crippen molar-refractivity contribution in [1.82, 2.24) is 4.98 Å². The summed E-state index contributed by atoms with van der Waals surface area (Å²) in [6, 6.07) is 12.1. The largest absolute Gasteiger partial charge is 0.489 e. The Labute approximate surface area is 168 Å². The lowest BCUT2D eigenvalue weighted by atomic mass is 10.1. The van der Waals surface area contributed by atoms with Gasteiger partial charge in [-0.25, -0.2) is 0 Å². The Bertz CT molecular complexity index is 856. The van der Waals surface area contributed by atoms with Crippen LogP contribution in [0.25, 0.3) is 11.3 Å². The van der Waals surface area contributed by atoms with Gasteiger partial charge in [0, 0.05) is 18.9 Å². The fourth-order valence-electron chi connectivity index (χ4n) is 2.88. The van der Waals surface area contributed by atoms with E-state index < -0.39 is 0 Å². The van der Waals surface area contributed by atoms with Crippen LogP contribution >= 0.6 is 9.03 Å². The summed E-state index contributed by atoms with van der Waals surface area (Å²) in [7, 11) is 1.67. The zero-order valence-electron chi connectivity index (χ0n) is 16.4. The first-order valence-corrected chi connectivity index (χ1v) is 10.2. The first-order chi connectivity index (χ1) is 13.8. The highest BCUT2D eigenvalue weighted by Crippen LogP contribution is 2.24. The Hall–Kier alpha value is -2.26. The number of benzene rings is 1. The molecule has 2 aromatic rings. The van der Waals surface area contributed by atoms with E-state index in [-0.39, 0.29) is 9.03 Å². The number of hydrogen-bond donors (Lipinski definition) is 0. The van der Waals surface area contributed by atoms with Gasteiger partial charge in [0.2, 0.25) is 0 Å². The highest BCUT2D eigenvalue weighted by atomic mass is 31.1. The van der Waals surface area contributed by atoms with E-state index in [9.17, 15) is 0 Å². The van der Waals surface area contributed by atoms with Crippen LogP contribution in [0.2, 0.25) is 0 Å². The highest BCUT2D eigenvalue weighted by Gasteiger charge is 2.04. The van der Waals surface area contributed by atoms with E-state index in [4.69, 9.17) is 13.8 Å².